The highest BCUT2D eigenvalue weighted by atomic mass is 32.1. The van der Waals surface area contributed by atoms with Crippen LogP contribution in [0.25, 0.3) is 0 Å². The Hall–Kier alpha value is -2.35. The number of benzene rings is 1. The minimum Gasteiger partial charge on any atom is -0.333 e. The van der Waals surface area contributed by atoms with Gasteiger partial charge < -0.3 is 10.2 Å². The van der Waals surface area contributed by atoms with Gasteiger partial charge in [0.15, 0.2) is 17.5 Å². The second kappa shape index (κ2) is 10.1. The van der Waals surface area contributed by atoms with E-state index in [2.05, 4.69) is 5.32 Å². The molecule has 2 aromatic rings. The average molecular weight is 398 g/mol. The predicted octanol–water partition coefficient (Wildman–Crippen LogP) is 4.37. The first-order chi connectivity index (χ1) is 12.9. The Kier molecular flexibility index (Phi) is 7.84. The van der Waals surface area contributed by atoms with Crippen molar-refractivity contribution in [1.82, 2.24) is 4.90 Å². The molecule has 1 aromatic heterocycles. The van der Waals surface area contributed by atoms with E-state index in [-0.39, 0.29) is 12.5 Å². The molecule has 0 radical (unpaired) electrons. The van der Waals surface area contributed by atoms with Crippen molar-refractivity contribution in [3.63, 3.8) is 0 Å². The van der Waals surface area contributed by atoms with E-state index in [1.165, 1.54) is 9.78 Å². The van der Waals surface area contributed by atoms with Crippen LogP contribution < -0.4 is 5.32 Å². The summed E-state index contributed by atoms with van der Waals surface area (Å²) in [6, 6.07) is 5.63. The molecule has 8 heteroatoms. The first-order valence-electron chi connectivity index (χ1n) is 8.65. The van der Waals surface area contributed by atoms with Crippen molar-refractivity contribution in [2.75, 3.05) is 18.4 Å². The Bertz CT molecular complexity index is 782. The minimum absolute atomic E-state index is 0.172. The fourth-order valence-corrected chi connectivity index (χ4v) is 3.33. The molecule has 2 rings (SSSR count). The molecular weight excluding hydrogens is 377 g/mol. The lowest BCUT2D eigenvalue weighted by atomic mass is 10.2. The zero-order chi connectivity index (χ0) is 19.8. The molecule has 0 unspecified atom stereocenters. The van der Waals surface area contributed by atoms with Gasteiger partial charge in [-0.25, -0.2) is 13.2 Å². The molecule has 1 heterocycles. The number of hydrogen-bond donors (Lipinski definition) is 1. The van der Waals surface area contributed by atoms with Crippen molar-refractivity contribution in [3.05, 3.63) is 52.0 Å². The number of thiophene rings is 1. The highest BCUT2D eigenvalue weighted by Gasteiger charge is 2.19. The topological polar surface area (TPSA) is 49.4 Å². The second-order valence-electron chi connectivity index (χ2n) is 6.02. The Labute approximate surface area is 160 Å². The number of nitrogens with zero attached hydrogens (tertiary/aromatic N) is 1. The van der Waals surface area contributed by atoms with E-state index in [9.17, 15) is 22.8 Å². The van der Waals surface area contributed by atoms with Gasteiger partial charge in [0, 0.05) is 17.8 Å². The molecule has 2 amide bonds. The third-order valence-electron chi connectivity index (χ3n) is 3.88. The van der Waals surface area contributed by atoms with Gasteiger partial charge in [0.05, 0.1) is 12.2 Å². The molecule has 146 valence electrons. The normalized spacial score (nSPS) is 10.7. The lowest BCUT2D eigenvalue weighted by Crippen LogP contribution is -2.38. The van der Waals surface area contributed by atoms with Gasteiger partial charge in [-0.1, -0.05) is 13.0 Å². The Morgan fingerprint density at radius 2 is 1.93 bits per heavy atom. The molecule has 0 aliphatic rings. The molecule has 0 aliphatic heterocycles. The van der Waals surface area contributed by atoms with Gasteiger partial charge in [0.25, 0.3) is 0 Å². The number of halogens is 3. The van der Waals surface area contributed by atoms with Gasteiger partial charge in [0.1, 0.15) is 0 Å². The number of hydrogen-bond acceptors (Lipinski definition) is 3. The zero-order valence-corrected chi connectivity index (χ0v) is 15.8. The van der Waals surface area contributed by atoms with Gasteiger partial charge in [0.2, 0.25) is 11.8 Å². The van der Waals surface area contributed by atoms with Crippen LogP contribution in [0.4, 0.5) is 18.9 Å². The maximum Gasteiger partial charge on any atom is 0.244 e. The lowest BCUT2D eigenvalue weighted by Gasteiger charge is -2.21. The van der Waals surface area contributed by atoms with E-state index in [4.69, 9.17) is 0 Å². The summed E-state index contributed by atoms with van der Waals surface area (Å²) in [4.78, 5) is 27.1. The zero-order valence-electron chi connectivity index (χ0n) is 14.9. The first-order valence-corrected chi connectivity index (χ1v) is 9.53. The number of carbonyl (C=O) groups excluding carboxylic acids is 2. The maximum absolute atomic E-state index is 13.7. The van der Waals surface area contributed by atoms with Gasteiger partial charge in [-0.2, -0.15) is 0 Å². The van der Waals surface area contributed by atoms with Crippen molar-refractivity contribution in [2.45, 2.75) is 32.6 Å². The molecule has 0 aliphatic carbocycles. The van der Waals surface area contributed by atoms with E-state index in [1.54, 1.807) is 11.3 Å². The van der Waals surface area contributed by atoms with E-state index < -0.39 is 29.0 Å². The highest BCUT2D eigenvalue weighted by molar-refractivity contribution is 7.09. The summed E-state index contributed by atoms with van der Waals surface area (Å²) in [6.45, 7) is 1.98. The maximum atomic E-state index is 13.7. The van der Waals surface area contributed by atoms with E-state index in [0.29, 0.717) is 25.8 Å². The number of nitrogens with one attached hydrogen (secondary N) is 1. The number of aryl methyl sites for hydroxylation is 1. The quantitative estimate of drug-likeness (QED) is 0.638. The third kappa shape index (κ3) is 6.09. The Morgan fingerprint density at radius 1 is 1.15 bits per heavy atom. The molecule has 0 spiro atoms. The monoisotopic (exact) mass is 398 g/mol. The third-order valence-corrected chi connectivity index (χ3v) is 4.82. The van der Waals surface area contributed by atoms with E-state index >= 15 is 0 Å². The summed E-state index contributed by atoms with van der Waals surface area (Å²) < 4.78 is 39.9. The van der Waals surface area contributed by atoms with Crippen molar-refractivity contribution < 1.29 is 22.8 Å². The van der Waals surface area contributed by atoms with Gasteiger partial charge in [-0.3, -0.25) is 9.59 Å². The van der Waals surface area contributed by atoms with Crippen molar-refractivity contribution >= 4 is 28.8 Å². The largest absolute Gasteiger partial charge is 0.333 e. The molecule has 0 bridgehead atoms. The van der Waals surface area contributed by atoms with Crippen LogP contribution in [0.2, 0.25) is 0 Å². The Balaban J connectivity index is 1.90. The first kappa shape index (κ1) is 21.0. The second-order valence-corrected chi connectivity index (χ2v) is 7.05. The van der Waals surface area contributed by atoms with Crippen LogP contribution in [0.15, 0.2) is 29.6 Å². The van der Waals surface area contributed by atoms with Crippen molar-refractivity contribution in [3.8, 4) is 0 Å². The van der Waals surface area contributed by atoms with Crippen LogP contribution in [0, 0.1) is 17.5 Å². The summed E-state index contributed by atoms with van der Waals surface area (Å²) in [7, 11) is 0. The predicted molar refractivity (Wildman–Crippen MR) is 99.1 cm³/mol. The van der Waals surface area contributed by atoms with Crippen LogP contribution in [-0.4, -0.2) is 29.8 Å². The molecule has 0 saturated heterocycles. The molecular formula is C19H21F3N2O2S. The summed E-state index contributed by atoms with van der Waals surface area (Å²) in [5.41, 5.74) is -0.458. The number of carbonyl (C=O) groups is 2. The smallest absolute Gasteiger partial charge is 0.244 e. The van der Waals surface area contributed by atoms with Crippen LogP contribution in [0.1, 0.15) is 31.1 Å². The van der Waals surface area contributed by atoms with Crippen LogP contribution in [0.5, 0.6) is 0 Å². The molecule has 4 nitrogen and oxygen atoms in total. The molecule has 27 heavy (non-hydrogen) atoms. The molecule has 0 fully saturated rings. The summed E-state index contributed by atoms with van der Waals surface area (Å²) in [5, 5.41) is 4.16. The number of amides is 2. The Morgan fingerprint density at radius 3 is 2.59 bits per heavy atom. The fourth-order valence-electron chi connectivity index (χ4n) is 2.57. The highest BCUT2D eigenvalue weighted by Crippen LogP contribution is 2.19. The summed E-state index contributed by atoms with van der Waals surface area (Å²) in [6.07, 6.45) is 2.41. The van der Waals surface area contributed by atoms with Gasteiger partial charge in [-0.05, 0) is 42.8 Å². The molecule has 1 aromatic carbocycles. The number of anilines is 1. The van der Waals surface area contributed by atoms with E-state index in [1.807, 2.05) is 24.4 Å². The number of rotatable bonds is 9. The average Bonchev–Trinajstić information content (AvgIpc) is 3.15. The summed E-state index contributed by atoms with van der Waals surface area (Å²) in [5.74, 6) is -5.29. The SMILES string of the molecule is CCCN(CC(=O)Nc1ccc(F)c(F)c1F)C(=O)CCCc1cccs1. The summed E-state index contributed by atoms with van der Waals surface area (Å²) >= 11 is 1.63. The van der Waals surface area contributed by atoms with Crippen LogP contribution >= 0.6 is 11.3 Å². The lowest BCUT2D eigenvalue weighted by molar-refractivity contribution is -0.134. The minimum atomic E-state index is -1.65. The van der Waals surface area contributed by atoms with Gasteiger partial charge in [-0.15, -0.1) is 11.3 Å². The molecule has 0 saturated carbocycles. The van der Waals surface area contributed by atoms with Crippen molar-refractivity contribution in [1.29, 1.82) is 0 Å². The van der Waals surface area contributed by atoms with Crippen LogP contribution in [0.3, 0.4) is 0 Å². The van der Waals surface area contributed by atoms with Gasteiger partial charge >= 0.3 is 0 Å². The van der Waals surface area contributed by atoms with Crippen molar-refractivity contribution in [2.24, 2.45) is 0 Å². The standard InChI is InChI=1S/C19H21F3N2O2S/c1-2-10-24(17(26)7-3-5-13-6-4-11-27-13)12-16(25)23-15-9-8-14(20)18(21)19(15)22/h4,6,8-9,11H,2-3,5,7,10,12H2,1H3,(H,23,25). The van der Waals surface area contributed by atoms with Crippen LogP contribution in [-0.2, 0) is 16.0 Å². The molecule has 1 N–H and O–H groups in total. The fraction of sp³-hybridized carbons (Fsp3) is 0.368. The molecule has 0 atom stereocenters. The van der Waals surface area contributed by atoms with E-state index in [0.717, 1.165) is 18.6 Å².